The Kier molecular flexibility index (Phi) is 6.82. The Labute approximate surface area is 156 Å². The standard InChI is InChI=1S/C21H27NO2S/c1-6-16-9-8-10-19(22-21(25)23-5)18(16)13-24-20-12-14(3)17(7-2)11-15(20)4/h8-12H,6-7,13H2,1-5H3,(H,22,25). The number of anilines is 1. The van der Waals surface area contributed by atoms with Gasteiger partial charge >= 0.3 is 0 Å². The quantitative estimate of drug-likeness (QED) is 0.706. The molecule has 0 aromatic heterocycles. The Hall–Kier alpha value is -2.07. The van der Waals surface area contributed by atoms with Gasteiger partial charge in [-0.3, -0.25) is 0 Å². The summed E-state index contributed by atoms with van der Waals surface area (Å²) in [6.45, 7) is 9.04. The van der Waals surface area contributed by atoms with E-state index < -0.39 is 0 Å². The molecule has 1 N–H and O–H groups in total. The van der Waals surface area contributed by atoms with E-state index in [0.29, 0.717) is 11.8 Å². The normalized spacial score (nSPS) is 10.4. The van der Waals surface area contributed by atoms with Gasteiger partial charge in [-0.25, -0.2) is 0 Å². The highest BCUT2D eigenvalue weighted by atomic mass is 32.1. The number of rotatable bonds is 6. The average molecular weight is 358 g/mol. The maximum atomic E-state index is 6.18. The maximum absolute atomic E-state index is 6.18. The first-order valence-corrected chi connectivity index (χ1v) is 9.09. The number of ether oxygens (including phenoxy) is 2. The van der Waals surface area contributed by atoms with Crippen molar-refractivity contribution in [3.05, 3.63) is 58.1 Å². The van der Waals surface area contributed by atoms with Crippen LogP contribution in [-0.2, 0) is 24.2 Å². The van der Waals surface area contributed by atoms with Gasteiger partial charge in [0.1, 0.15) is 12.4 Å². The van der Waals surface area contributed by atoms with Crippen molar-refractivity contribution in [2.24, 2.45) is 0 Å². The highest BCUT2D eigenvalue weighted by Gasteiger charge is 2.11. The van der Waals surface area contributed by atoms with E-state index in [2.05, 4.69) is 51.2 Å². The van der Waals surface area contributed by atoms with E-state index in [-0.39, 0.29) is 0 Å². The third-order valence-corrected chi connectivity index (χ3v) is 4.73. The second-order valence-corrected chi connectivity index (χ2v) is 6.47. The van der Waals surface area contributed by atoms with Gasteiger partial charge in [-0.15, -0.1) is 0 Å². The zero-order chi connectivity index (χ0) is 18.4. The Morgan fingerprint density at radius 2 is 1.76 bits per heavy atom. The molecule has 0 spiro atoms. The van der Waals surface area contributed by atoms with E-state index in [0.717, 1.165) is 29.8 Å². The predicted octanol–water partition coefficient (Wildman–Crippen LogP) is 5.35. The van der Waals surface area contributed by atoms with E-state index in [4.69, 9.17) is 21.7 Å². The molecule has 0 unspecified atom stereocenters. The minimum absolute atomic E-state index is 0.355. The molecule has 0 aliphatic rings. The molecule has 0 saturated carbocycles. The maximum Gasteiger partial charge on any atom is 0.260 e. The Morgan fingerprint density at radius 1 is 1.04 bits per heavy atom. The largest absolute Gasteiger partial charge is 0.489 e. The van der Waals surface area contributed by atoms with E-state index in [9.17, 15) is 0 Å². The van der Waals surface area contributed by atoms with Crippen LogP contribution in [-0.4, -0.2) is 12.3 Å². The van der Waals surface area contributed by atoms with Gasteiger partial charge < -0.3 is 14.8 Å². The van der Waals surface area contributed by atoms with E-state index in [1.807, 2.05) is 12.1 Å². The van der Waals surface area contributed by atoms with Gasteiger partial charge in [-0.2, -0.15) is 0 Å². The fraction of sp³-hybridized carbons (Fsp3) is 0.381. The van der Waals surface area contributed by atoms with Crippen molar-refractivity contribution in [2.75, 3.05) is 12.4 Å². The highest BCUT2D eigenvalue weighted by molar-refractivity contribution is 7.80. The summed E-state index contributed by atoms with van der Waals surface area (Å²) in [6.07, 6.45) is 1.97. The fourth-order valence-corrected chi connectivity index (χ4v) is 3.06. The predicted molar refractivity (Wildman–Crippen MR) is 109 cm³/mol. The molecule has 0 radical (unpaired) electrons. The molecule has 4 heteroatoms. The molecule has 0 aliphatic heterocycles. The minimum Gasteiger partial charge on any atom is -0.489 e. The van der Waals surface area contributed by atoms with Crippen LogP contribution < -0.4 is 10.1 Å². The van der Waals surface area contributed by atoms with Gasteiger partial charge in [-0.05, 0) is 73.3 Å². The summed E-state index contributed by atoms with van der Waals surface area (Å²) in [5, 5.41) is 3.50. The van der Waals surface area contributed by atoms with Crippen LogP contribution in [0.25, 0.3) is 0 Å². The van der Waals surface area contributed by atoms with Crippen LogP contribution >= 0.6 is 12.2 Å². The van der Waals surface area contributed by atoms with Gasteiger partial charge in [-0.1, -0.05) is 32.0 Å². The molecule has 0 bridgehead atoms. The summed E-state index contributed by atoms with van der Waals surface area (Å²) < 4.78 is 11.3. The van der Waals surface area contributed by atoms with Crippen molar-refractivity contribution >= 4 is 23.1 Å². The molecular formula is C21H27NO2S. The van der Waals surface area contributed by atoms with E-state index >= 15 is 0 Å². The van der Waals surface area contributed by atoms with Gasteiger partial charge in [0, 0.05) is 11.3 Å². The molecule has 0 atom stereocenters. The molecule has 25 heavy (non-hydrogen) atoms. The van der Waals surface area contributed by atoms with Crippen LogP contribution in [0.1, 0.15) is 41.7 Å². The number of hydrogen-bond acceptors (Lipinski definition) is 3. The summed E-state index contributed by atoms with van der Waals surface area (Å²) in [4.78, 5) is 0. The second-order valence-electron chi connectivity index (χ2n) is 6.10. The third-order valence-electron chi connectivity index (χ3n) is 4.46. The summed E-state index contributed by atoms with van der Waals surface area (Å²) in [5.74, 6) is 0.931. The van der Waals surface area contributed by atoms with Crippen molar-refractivity contribution in [3.8, 4) is 5.75 Å². The third kappa shape index (κ3) is 4.73. The molecule has 2 aromatic rings. The lowest BCUT2D eigenvalue weighted by Crippen LogP contribution is -2.14. The van der Waals surface area contributed by atoms with Crippen molar-refractivity contribution in [1.29, 1.82) is 0 Å². The molecule has 0 saturated heterocycles. The molecule has 0 fully saturated rings. The van der Waals surface area contributed by atoms with Crippen molar-refractivity contribution in [1.82, 2.24) is 0 Å². The van der Waals surface area contributed by atoms with Crippen molar-refractivity contribution in [2.45, 2.75) is 47.1 Å². The lowest BCUT2D eigenvalue weighted by Gasteiger charge is -2.18. The molecule has 2 aromatic carbocycles. The Balaban J connectivity index is 2.28. The number of thiocarbonyl (C=S) groups is 1. The van der Waals surface area contributed by atoms with Crippen molar-refractivity contribution in [3.63, 3.8) is 0 Å². The average Bonchev–Trinajstić information content (AvgIpc) is 2.62. The van der Waals surface area contributed by atoms with Crippen LogP contribution in [0.5, 0.6) is 5.75 Å². The van der Waals surface area contributed by atoms with Gasteiger partial charge in [0.15, 0.2) is 0 Å². The highest BCUT2D eigenvalue weighted by Crippen LogP contribution is 2.27. The van der Waals surface area contributed by atoms with Crippen molar-refractivity contribution < 1.29 is 9.47 Å². The van der Waals surface area contributed by atoms with E-state index in [1.54, 1.807) is 7.11 Å². The topological polar surface area (TPSA) is 30.5 Å². The van der Waals surface area contributed by atoms with Crippen LogP contribution in [0.3, 0.4) is 0 Å². The lowest BCUT2D eigenvalue weighted by atomic mass is 10.0. The number of benzene rings is 2. The first-order valence-electron chi connectivity index (χ1n) is 8.68. The molecule has 3 nitrogen and oxygen atoms in total. The second kappa shape index (κ2) is 8.86. The minimum atomic E-state index is 0.355. The smallest absolute Gasteiger partial charge is 0.260 e. The summed E-state index contributed by atoms with van der Waals surface area (Å²) >= 11 is 5.15. The zero-order valence-corrected chi connectivity index (χ0v) is 16.5. The zero-order valence-electron chi connectivity index (χ0n) is 15.7. The lowest BCUT2D eigenvalue weighted by molar-refractivity contribution is 0.303. The molecule has 134 valence electrons. The van der Waals surface area contributed by atoms with Gasteiger partial charge in [0.05, 0.1) is 7.11 Å². The molecule has 2 rings (SSSR count). The monoisotopic (exact) mass is 357 g/mol. The van der Waals surface area contributed by atoms with Crippen LogP contribution in [0.2, 0.25) is 0 Å². The number of hydrogen-bond donors (Lipinski definition) is 1. The molecule has 0 aliphatic carbocycles. The number of aryl methyl sites for hydroxylation is 4. The van der Waals surface area contributed by atoms with Gasteiger partial charge in [0.25, 0.3) is 5.17 Å². The molecule has 0 amide bonds. The summed E-state index contributed by atoms with van der Waals surface area (Å²) in [5.41, 5.74) is 7.09. The van der Waals surface area contributed by atoms with Crippen LogP contribution in [0, 0.1) is 13.8 Å². The first-order chi connectivity index (χ1) is 12.0. The number of nitrogens with one attached hydrogen (secondary N) is 1. The Bertz CT molecular complexity index is 756. The molecule has 0 heterocycles. The fourth-order valence-electron chi connectivity index (χ4n) is 2.95. The SMILES string of the molecule is CCc1cc(C)c(OCc2c(CC)cccc2NC(=S)OC)cc1C. The summed E-state index contributed by atoms with van der Waals surface area (Å²) in [6, 6.07) is 10.5. The molecular weight excluding hydrogens is 330 g/mol. The number of methoxy groups -OCH3 is 1. The van der Waals surface area contributed by atoms with Crippen LogP contribution in [0.4, 0.5) is 5.69 Å². The first kappa shape index (κ1) is 19.3. The summed E-state index contributed by atoms with van der Waals surface area (Å²) in [7, 11) is 1.57. The Morgan fingerprint density at radius 3 is 2.40 bits per heavy atom. The van der Waals surface area contributed by atoms with Crippen LogP contribution in [0.15, 0.2) is 30.3 Å². The van der Waals surface area contributed by atoms with E-state index in [1.165, 1.54) is 22.3 Å². The van der Waals surface area contributed by atoms with Gasteiger partial charge in [0.2, 0.25) is 0 Å².